The Hall–Kier alpha value is -2.04. The lowest BCUT2D eigenvalue weighted by molar-refractivity contribution is 0.320. The second-order valence-corrected chi connectivity index (χ2v) is 3.54. The Labute approximate surface area is 93.0 Å². The van der Waals surface area contributed by atoms with Gasteiger partial charge in [0.15, 0.2) is 0 Å². The third kappa shape index (κ3) is 2.31. The van der Waals surface area contributed by atoms with E-state index in [1.54, 1.807) is 12.4 Å². The van der Waals surface area contributed by atoms with Crippen LogP contribution in [0, 0.1) is 0 Å². The van der Waals surface area contributed by atoms with E-state index < -0.39 is 0 Å². The lowest BCUT2D eigenvalue weighted by Crippen LogP contribution is -1.96. The van der Waals surface area contributed by atoms with Gasteiger partial charge >= 0.3 is 0 Å². The number of aromatic nitrogens is 2. The van der Waals surface area contributed by atoms with E-state index in [1.807, 2.05) is 23.9 Å². The van der Waals surface area contributed by atoms with Crippen LogP contribution < -0.4 is 0 Å². The number of nitrogens with zero attached hydrogens (tertiary/aromatic N) is 3. The number of oxime groups is 1. The molecule has 0 aliphatic rings. The molecule has 0 saturated carbocycles. The Kier molecular flexibility index (Phi) is 3.05. The maximum absolute atomic E-state index is 8.34. The first kappa shape index (κ1) is 10.5. The Morgan fingerprint density at radius 3 is 3.06 bits per heavy atom. The molecule has 0 aliphatic carbocycles. The largest absolute Gasteiger partial charge is 0.460 e. The molecule has 2 aromatic rings. The predicted molar refractivity (Wildman–Crippen MR) is 58.7 cm³/mol. The summed E-state index contributed by atoms with van der Waals surface area (Å²) in [4.78, 5) is 4.05. The van der Waals surface area contributed by atoms with Crippen LogP contribution in [-0.2, 0) is 19.9 Å². The SMILES string of the molecule is Cn1cncc1CCc1ccc(/C=N/O)o1. The van der Waals surface area contributed by atoms with Crippen LogP contribution in [0.4, 0.5) is 0 Å². The molecule has 0 amide bonds. The Bertz CT molecular complexity index is 485. The van der Waals surface area contributed by atoms with Gasteiger partial charge in [0.05, 0.1) is 6.33 Å². The van der Waals surface area contributed by atoms with Gasteiger partial charge in [0, 0.05) is 25.4 Å². The minimum Gasteiger partial charge on any atom is -0.460 e. The summed E-state index contributed by atoms with van der Waals surface area (Å²) in [6.07, 6.45) is 6.58. The summed E-state index contributed by atoms with van der Waals surface area (Å²) < 4.78 is 7.41. The van der Waals surface area contributed by atoms with Crippen LogP contribution in [-0.4, -0.2) is 21.0 Å². The van der Waals surface area contributed by atoms with Crippen molar-refractivity contribution in [3.63, 3.8) is 0 Å². The van der Waals surface area contributed by atoms with Crippen LogP contribution >= 0.6 is 0 Å². The molecule has 5 heteroatoms. The molecule has 0 atom stereocenters. The number of aryl methyl sites for hydroxylation is 3. The molecule has 2 rings (SSSR count). The van der Waals surface area contributed by atoms with E-state index >= 15 is 0 Å². The monoisotopic (exact) mass is 219 g/mol. The van der Waals surface area contributed by atoms with Crippen molar-refractivity contribution in [2.75, 3.05) is 0 Å². The molecule has 0 aliphatic heterocycles. The summed E-state index contributed by atoms with van der Waals surface area (Å²) in [5.74, 6) is 1.43. The molecule has 0 aromatic carbocycles. The number of hydrogen-bond donors (Lipinski definition) is 1. The Morgan fingerprint density at radius 1 is 1.50 bits per heavy atom. The third-order valence-electron chi connectivity index (χ3n) is 2.41. The summed E-state index contributed by atoms with van der Waals surface area (Å²) in [6, 6.07) is 3.66. The summed E-state index contributed by atoms with van der Waals surface area (Å²) in [7, 11) is 1.97. The second kappa shape index (κ2) is 4.65. The molecular weight excluding hydrogens is 206 g/mol. The molecular formula is C11H13N3O2. The van der Waals surface area contributed by atoms with Gasteiger partial charge in [-0.25, -0.2) is 4.98 Å². The van der Waals surface area contributed by atoms with Gasteiger partial charge in [-0.2, -0.15) is 0 Å². The van der Waals surface area contributed by atoms with Gasteiger partial charge in [-0.1, -0.05) is 5.16 Å². The van der Waals surface area contributed by atoms with Crippen molar-refractivity contribution in [3.05, 3.63) is 41.9 Å². The first-order valence-electron chi connectivity index (χ1n) is 5.01. The van der Waals surface area contributed by atoms with E-state index in [1.165, 1.54) is 6.21 Å². The fraction of sp³-hybridized carbons (Fsp3) is 0.273. The Balaban J connectivity index is 1.97. The van der Waals surface area contributed by atoms with Crippen molar-refractivity contribution in [1.82, 2.24) is 9.55 Å². The average Bonchev–Trinajstić information content (AvgIpc) is 2.86. The molecule has 0 radical (unpaired) electrons. The highest BCUT2D eigenvalue weighted by molar-refractivity contribution is 5.75. The Morgan fingerprint density at radius 2 is 2.38 bits per heavy atom. The van der Waals surface area contributed by atoms with E-state index in [0.29, 0.717) is 5.76 Å². The van der Waals surface area contributed by atoms with Crippen molar-refractivity contribution in [2.45, 2.75) is 12.8 Å². The molecule has 16 heavy (non-hydrogen) atoms. The molecule has 0 spiro atoms. The van der Waals surface area contributed by atoms with Gasteiger partial charge in [0.2, 0.25) is 0 Å². The molecule has 0 fully saturated rings. The van der Waals surface area contributed by atoms with Gasteiger partial charge in [0.1, 0.15) is 17.7 Å². The average molecular weight is 219 g/mol. The number of rotatable bonds is 4. The van der Waals surface area contributed by atoms with Crippen molar-refractivity contribution in [3.8, 4) is 0 Å². The maximum Gasteiger partial charge on any atom is 0.148 e. The normalized spacial score (nSPS) is 11.3. The zero-order chi connectivity index (χ0) is 11.4. The second-order valence-electron chi connectivity index (χ2n) is 3.54. The van der Waals surface area contributed by atoms with E-state index in [9.17, 15) is 0 Å². The fourth-order valence-electron chi connectivity index (χ4n) is 1.53. The summed E-state index contributed by atoms with van der Waals surface area (Å²) in [6.45, 7) is 0. The van der Waals surface area contributed by atoms with Gasteiger partial charge in [0.25, 0.3) is 0 Å². The van der Waals surface area contributed by atoms with Crippen molar-refractivity contribution in [2.24, 2.45) is 12.2 Å². The van der Waals surface area contributed by atoms with Crippen molar-refractivity contribution >= 4 is 6.21 Å². The predicted octanol–water partition coefficient (Wildman–Crippen LogP) is 1.61. The van der Waals surface area contributed by atoms with Crippen LogP contribution in [0.25, 0.3) is 0 Å². The quantitative estimate of drug-likeness (QED) is 0.482. The smallest absolute Gasteiger partial charge is 0.148 e. The van der Waals surface area contributed by atoms with Gasteiger partial charge < -0.3 is 14.2 Å². The molecule has 84 valence electrons. The van der Waals surface area contributed by atoms with E-state index in [4.69, 9.17) is 9.62 Å². The van der Waals surface area contributed by atoms with Crippen molar-refractivity contribution in [1.29, 1.82) is 0 Å². The summed E-state index contributed by atoms with van der Waals surface area (Å²) in [5.41, 5.74) is 1.16. The molecule has 2 heterocycles. The molecule has 0 bridgehead atoms. The number of hydrogen-bond acceptors (Lipinski definition) is 4. The van der Waals surface area contributed by atoms with Crippen LogP contribution in [0.3, 0.4) is 0 Å². The zero-order valence-corrected chi connectivity index (χ0v) is 9.00. The van der Waals surface area contributed by atoms with Gasteiger partial charge in [-0.3, -0.25) is 0 Å². The molecule has 0 saturated heterocycles. The van der Waals surface area contributed by atoms with Crippen molar-refractivity contribution < 1.29 is 9.62 Å². The highest BCUT2D eigenvalue weighted by atomic mass is 16.4. The van der Waals surface area contributed by atoms with E-state index in [0.717, 1.165) is 24.3 Å². The lowest BCUT2D eigenvalue weighted by atomic mass is 10.2. The minimum atomic E-state index is 0.558. The topological polar surface area (TPSA) is 63.5 Å². The lowest BCUT2D eigenvalue weighted by Gasteiger charge is -1.99. The fourth-order valence-corrected chi connectivity index (χ4v) is 1.53. The summed E-state index contributed by atoms with van der Waals surface area (Å²) >= 11 is 0. The molecule has 2 aromatic heterocycles. The standard InChI is InChI=1S/C11H13N3O2/c1-14-8-12-6-9(14)2-3-10-4-5-11(16-10)7-13-15/h4-8,15H,2-3H2,1H3/b13-7+. The molecule has 5 nitrogen and oxygen atoms in total. The number of furan rings is 1. The summed E-state index contributed by atoms with van der Waals surface area (Å²) in [5, 5.41) is 11.3. The van der Waals surface area contributed by atoms with Crippen LogP contribution in [0.1, 0.15) is 17.2 Å². The maximum atomic E-state index is 8.34. The zero-order valence-electron chi connectivity index (χ0n) is 9.00. The van der Waals surface area contributed by atoms with E-state index in [2.05, 4.69) is 10.1 Å². The minimum absolute atomic E-state index is 0.558. The van der Waals surface area contributed by atoms with E-state index in [-0.39, 0.29) is 0 Å². The van der Waals surface area contributed by atoms with Crippen LogP contribution in [0.5, 0.6) is 0 Å². The van der Waals surface area contributed by atoms with Gasteiger partial charge in [-0.15, -0.1) is 0 Å². The molecule has 1 N–H and O–H groups in total. The van der Waals surface area contributed by atoms with Crippen LogP contribution in [0.15, 0.2) is 34.2 Å². The van der Waals surface area contributed by atoms with Gasteiger partial charge in [-0.05, 0) is 18.6 Å². The third-order valence-corrected chi connectivity index (χ3v) is 2.41. The number of imidazole rings is 1. The highest BCUT2D eigenvalue weighted by Crippen LogP contribution is 2.09. The van der Waals surface area contributed by atoms with Crippen LogP contribution in [0.2, 0.25) is 0 Å². The first-order chi connectivity index (χ1) is 7.79. The first-order valence-corrected chi connectivity index (χ1v) is 5.01. The molecule has 0 unspecified atom stereocenters. The highest BCUT2D eigenvalue weighted by Gasteiger charge is 2.03.